The van der Waals surface area contributed by atoms with Crippen LogP contribution in [0.4, 0.5) is 8.78 Å². The Morgan fingerprint density at radius 1 is 1.18 bits per heavy atom. The van der Waals surface area contributed by atoms with Crippen LogP contribution in [0.1, 0.15) is 37.3 Å². The van der Waals surface area contributed by atoms with Crippen molar-refractivity contribution in [2.75, 3.05) is 6.61 Å². The van der Waals surface area contributed by atoms with Crippen molar-refractivity contribution in [3.05, 3.63) is 93.3 Å². The second-order valence-electron chi connectivity index (χ2n) is 7.42. The first-order valence-electron chi connectivity index (χ1n) is 10.5. The Labute approximate surface area is 196 Å². The van der Waals surface area contributed by atoms with E-state index < -0.39 is 17.6 Å². The molecule has 0 saturated heterocycles. The molecule has 2 aromatic carbocycles. The minimum atomic E-state index is -0.681. The number of carbonyl (C=O) groups is 1. The summed E-state index contributed by atoms with van der Waals surface area (Å²) in [7, 11) is 0. The first-order valence-corrected chi connectivity index (χ1v) is 10.9. The Morgan fingerprint density at radius 2 is 1.97 bits per heavy atom. The minimum Gasteiger partial charge on any atom is -0.488 e. The maximum Gasteiger partial charge on any atom is 0.354 e. The summed E-state index contributed by atoms with van der Waals surface area (Å²) in [5.41, 5.74) is 15.1. The fourth-order valence-electron chi connectivity index (χ4n) is 3.69. The highest BCUT2D eigenvalue weighted by molar-refractivity contribution is 6.30. The summed E-state index contributed by atoms with van der Waals surface area (Å²) in [5, 5.41) is 0.504. The van der Waals surface area contributed by atoms with Crippen LogP contribution in [0.2, 0.25) is 5.02 Å². The smallest absolute Gasteiger partial charge is 0.354 e. The van der Waals surface area contributed by atoms with Gasteiger partial charge in [-0.25, -0.2) is 13.6 Å². The van der Waals surface area contributed by atoms with Crippen LogP contribution >= 0.6 is 11.6 Å². The van der Waals surface area contributed by atoms with Gasteiger partial charge in [0.15, 0.2) is 0 Å². The molecule has 0 fully saturated rings. The van der Waals surface area contributed by atoms with Gasteiger partial charge in [-0.05, 0) is 79.3 Å². The summed E-state index contributed by atoms with van der Waals surface area (Å²) < 4.78 is 38.1. The van der Waals surface area contributed by atoms with Crippen LogP contribution in [-0.2, 0) is 16.1 Å². The Kier molecular flexibility index (Phi) is 8.11. The lowest BCUT2D eigenvalue weighted by Crippen LogP contribution is -2.15. The molecule has 33 heavy (non-hydrogen) atoms. The largest absolute Gasteiger partial charge is 0.488 e. The molecule has 174 valence electrons. The monoisotopic (exact) mass is 474 g/mol. The van der Waals surface area contributed by atoms with E-state index >= 15 is 0 Å². The molecule has 2 aromatic rings. The average molecular weight is 475 g/mol. The summed E-state index contributed by atoms with van der Waals surface area (Å²) in [6.07, 6.45) is 5.18. The van der Waals surface area contributed by atoms with Crippen LogP contribution in [0.25, 0.3) is 5.57 Å². The SMILES string of the molecule is CCOC(=O)/C(N)=C/C(=C\N)C1=C(c2cc(Cl)ccc2OCc2ccc(F)cc2F)CCC1. The second-order valence-corrected chi connectivity index (χ2v) is 7.85. The van der Waals surface area contributed by atoms with Crippen molar-refractivity contribution in [2.24, 2.45) is 11.5 Å². The Balaban J connectivity index is 1.96. The number of nitrogens with two attached hydrogens (primary N) is 2. The van der Waals surface area contributed by atoms with Crippen LogP contribution in [0.3, 0.4) is 0 Å². The van der Waals surface area contributed by atoms with Crippen molar-refractivity contribution < 1.29 is 23.0 Å². The van der Waals surface area contributed by atoms with E-state index in [1.54, 1.807) is 25.1 Å². The van der Waals surface area contributed by atoms with Gasteiger partial charge in [-0.15, -0.1) is 0 Å². The number of hydrogen-bond donors (Lipinski definition) is 2. The van der Waals surface area contributed by atoms with E-state index in [1.807, 2.05) is 0 Å². The molecule has 0 bridgehead atoms. The van der Waals surface area contributed by atoms with Gasteiger partial charge in [0, 0.05) is 28.4 Å². The zero-order chi connectivity index (χ0) is 24.0. The third kappa shape index (κ3) is 5.93. The van der Waals surface area contributed by atoms with Crippen molar-refractivity contribution in [2.45, 2.75) is 32.8 Å². The lowest BCUT2D eigenvalue weighted by Gasteiger charge is -2.16. The third-order valence-corrected chi connectivity index (χ3v) is 5.47. The maximum absolute atomic E-state index is 14.0. The Morgan fingerprint density at radius 3 is 2.67 bits per heavy atom. The number of ether oxygens (including phenoxy) is 2. The molecule has 0 aromatic heterocycles. The molecule has 0 heterocycles. The fourth-order valence-corrected chi connectivity index (χ4v) is 3.87. The van der Waals surface area contributed by atoms with Crippen LogP contribution in [0.5, 0.6) is 5.75 Å². The van der Waals surface area contributed by atoms with Crippen molar-refractivity contribution in [3.63, 3.8) is 0 Å². The lowest BCUT2D eigenvalue weighted by atomic mass is 9.96. The van der Waals surface area contributed by atoms with Gasteiger partial charge in [-0.2, -0.15) is 0 Å². The van der Waals surface area contributed by atoms with Gasteiger partial charge in [0.25, 0.3) is 0 Å². The molecule has 0 atom stereocenters. The first kappa shape index (κ1) is 24.3. The zero-order valence-electron chi connectivity index (χ0n) is 18.2. The van der Waals surface area contributed by atoms with E-state index in [2.05, 4.69) is 0 Å². The number of hydrogen-bond acceptors (Lipinski definition) is 5. The van der Waals surface area contributed by atoms with Crippen molar-refractivity contribution >= 4 is 23.1 Å². The molecule has 3 rings (SSSR count). The number of esters is 1. The molecule has 0 radical (unpaired) electrons. The highest BCUT2D eigenvalue weighted by atomic mass is 35.5. The summed E-state index contributed by atoms with van der Waals surface area (Å²) in [6.45, 7) is 1.82. The summed E-state index contributed by atoms with van der Waals surface area (Å²) in [5.74, 6) is -1.46. The van der Waals surface area contributed by atoms with E-state index in [9.17, 15) is 13.6 Å². The third-order valence-electron chi connectivity index (χ3n) is 5.23. The number of carbonyl (C=O) groups excluding carboxylic acids is 1. The Hall–Kier alpha value is -3.32. The molecular weight excluding hydrogens is 450 g/mol. The van der Waals surface area contributed by atoms with Crippen LogP contribution in [0.15, 0.2) is 65.5 Å². The molecule has 8 heteroatoms. The van der Waals surface area contributed by atoms with Gasteiger partial charge in [0.2, 0.25) is 0 Å². The molecule has 0 amide bonds. The second kappa shape index (κ2) is 11.0. The van der Waals surface area contributed by atoms with Gasteiger partial charge in [0.05, 0.1) is 6.61 Å². The molecule has 1 aliphatic rings. The summed E-state index contributed by atoms with van der Waals surface area (Å²) >= 11 is 6.26. The first-order chi connectivity index (χ1) is 15.8. The van der Waals surface area contributed by atoms with Crippen LogP contribution in [-0.4, -0.2) is 12.6 Å². The Bertz CT molecular complexity index is 1140. The summed E-state index contributed by atoms with van der Waals surface area (Å²) in [4.78, 5) is 11.9. The molecule has 1 aliphatic carbocycles. The normalized spacial score (nSPS) is 14.5. The molecule has 0 saturated carbocycles. The van der Waals surface area contributed by atoms with Gasteiger partial charge in [0.1, 0.15) is 29.7 Å². The topological polar surface area (TPSA) is 87.6 Å². The predicted octanol–water partition coefficient (Wildman–Crippen LogP) is 5.38. The lowest BCUT2D eigenvalue weighted by molar-refractivity contribution is -0.138. The predicted molar refractivity (Wildman–Crippen MR) is 124 cm³/mol. The number of benzene rings is 2. The highest BCUT2D eigenvalue weighted by Gasteiger charge is 2.22. The average Bonchev–Trinajstić information content (AvgIpc) is 3.27. The van der Waals surface area contributed by atoms with E-state index in [1.165, 1.54) is 24.4 Å². The molecule has 4 N–H and O–H groups in total. The quantitative estimate of drug-likeness (QED) is 0.304. The van der Waals surface area contributed by atoms with E-state index in [-0.39, 0.29) is 24.5 Å². The number of rotatable bonds is 8. The van der Waals surface area contributed by atoms with E-state index in [4.69, 9.17) is 32.5 Å². The minimum absolute atomic E-state index is 0.0540. The van der Waals surface area contributed by atoms with E-state index in [0.29, 0.717) is 22.8 Å². The number of allylic oxidation sites excluding steroid dienone is 4. The molecule has 0 unspecified atom stereocenters. The van der Waals surface area contributed by atoms with Gasteiger partial charge >= 0.3 is 5.97 Å². The van der Waals surface area contributed by atoms with Crippen molar-refractivity contribution in [3.8, 4) is 5.75 Å². The highest BCUT2D eigenvalue weighted by Crippen LogP contribution is 2.42. The van der Waals surface area contributed by atoms with E-state index in [0.717, 1.165) is 35.6 Å². The molecule has 0 aliphatic heterocycles. The molecule has 5 nitrogen and oxygen atoms in total. The van der Waals surface area contributed by atoms with Gasteiger partial charge in [-0.3, -0.25) is 0 Å². The summed E-state index contributed by atoms with van der Waals surface area (Å²) in [6, 6.07) is 8.49. The van der Waals surface area contributed by atoms with Crippen molar-refractivity contribution in [1.29, 1.82) is 0 Å². The standard InChI is InChI=1S/C25H25ClF2N2O3/c1-2-32-25(31)23(30)10-16(13-29)19-4-3-5-20(19)21-11-17(26)7-9-24(21)33-14-15-6-8-18(27)12-22(15)28/h6-13H,2-5,14,29-30H2,1H3/b16-13+,23-10-. The zero-order valence-corrected chi connectivity index (χ0v) is 18.9. The fraction of sp³-hybridized carbons (Fsp3) is 0.240. The molecular formula is C25H25ClF2N2O3. The van der Waals surface area contributed by atoms with Gasteiger partial charge in [-0.1, -0.05) is 11.6 Å². The van der Waals surface area contributed by atoms with Crippen molar-refractivity contribution in [1.82, 2.24) is 0 Å². The maximum atomic E-state index is 14.0. The number of halogens is 3. The van der Waals surface area contributed by atoms with Gasteiger partial charge < -0.3 is 20.9 Å². The van der Waals surface area contributed by atoms with Crippen LogP contribution < -0.4 is 16.2 Å². The van der Waals surface area contributed by atoms with Crippen LogP contribution in [0, 0.1) is 11.6 Å². The molecule has 0 spiro atoms.